The van der Waals surface area contributed by atoms with Crippen molar-refractivity contribution < 1.29 is 14.3 Å². The van der Waals surface area contributed by atoms with Gasteiger partial charge in [-0.25, -0.2) is 0 Å². The minimum atomic E-state index is 0.0423. The fourth-order valence-corrected chi connectivity index (χ4v) is 3.10. The molecule has 0 saturated carbocycles. The molecule has 1 aromatic rings. The maximum atomic E-state index is 12.6. The number of hydrogen-bond acceptors (Lipinski definition) is 3. The molecule has 1 heterocycles. The summed E-state index contributed by atoms with van der Waals surface area (Å²) in [6, 6.07) is 3.52. The number of carbonyl (C=O) groups excluding carboxylic acids is 1. The number of nitrogens with zero attached hydrogens (tertiary/aromatic N) is 1. The van der Waals surface area contributed by atoms with Crippen LogP contribution in [0.25, 0.3) is 0 Å². The van der Waals surface area contributed by atoms with E-state index in [1.54, 1.807) is 26.4 Å². The van der Waals surface area contributed by atoms with Crippen LogP contribution < -0.4 is 9.47 Å². The van der Waals surface area contributed by atoms with Gasteiger partial charge in [0.1, 0.15) is 16.0 Å². The summed E-state index contributed by atoms with van der Waals surface area (Å²) in [4.78, 5) is 14.5. The van der Waals surface area contributed by atoms with E-state index in [0.29, 0.717) is 23.0 Å². The smallest absolute Gasteiger partial charge is 0.254 e. The van der Waals surface area contributed by atoms with Crippen LogP contribution >= 0.6 is 15.9 Å². The van der Waals surface area contributed by atoms with Crippen LogP contribution in [0.1, 0.15) is 30.1 Å². The molecule has 0 N–H and O–H groups in total. The van der Waals surface area contributed by atoms with Gasteiger partial charge in [0.2, 0.25) is 0 Å². The predicted molar refractivity (Wildman–Crippen MR) is 81.5 cm³/mol. The van der Waals surface area contributed by atoms with Gasteiger partial charge in [-0.15, -0.1) is 0 Å². The van der Waals surface area contributed by atoms with Crippen molar-refractivity contribution in [3.05, 3.63) is 22.2 Å². The van der Waals surface area contributed by atoms with E-state index in [2.05, 4.69) is 22.9 Å². The van der Waals surface area contributed by atoms with E-state index in [4.69, 9.17) is 9.47 Å². The SMILES string of the molecule is COc1cc(C(=O)N2CCCC(C)C2)cc(OC)c1Br. The zero-order valence-electron chi connectivity index (χ0n) is 12.1. The molecule has 1 unspecified atom stereocenters. The molecule has 0 bridgehead atoms. The molecule has 1 amide bonds. The van der Waals surface area contributed by atoms with Gasteiger partial charge in [-0.1, -0.05) is 6.92 Å². The monoisotopic (exact) mass is 341 g/mol. The van der Waals surface area contributed by atoms with Crippen molar-refractivity contribution in [2.75, 3.05) is 27.3 Å². The fraction of sp³-hybridized carbons (Fsp3) is 0.533. The summed E-state index contributed by atoms with van der Waals surface area (Å²) >= 11 is 3.42. The van der Waals surface area contributed by atoms with E-state index >= 15 is 0 Å². The van der Waals surface area contributed by atoms with Gasteiger partial charge in [0.25, 0.3) is 5.91 Å². The average Bonchev–Trinajstić information content (AvgIpc) is 2.46. The first-order valence-corrected chi connectivity index (χ1v) is 7.57. The minimum Gasteiger partial charge on any atom is -0.495 e. The van der Waals surface area contributed by atoms with E-state index in [1.165, 1.54) is 6.42 Å². The summed E-state index contributed by atoms with van der Waals surface area (Å²) < 4.78 is 11.3. The Balaban J connectivity index is 2.29. The Labute approximate surface area is 128 Å². The van der Waals surface area contributed by atoms with Gasteiger partial charge in [0.15, 0.2) is 0 Å². The Morgan fingerprint density at radius 2 is 1.90 bits per heavy atom. The van der Waals surface area contributed by atoms with Crippen LogP contribution in [0.2, 0.25) is 0 Å². The Morgan fingerprint density at radius 1 is 1.30 bits per heavy atom. The molecule has 110 valence electrons. The van der Waals surface area contributed by atoms with E-state index in [1.807, 2.05) is 4.90 Å². The fourth-order valence-electron chi connectivity index (χ4n) is 2.55. The van der Waals surface area contributed by atoms with Crippen molar-refractivity contribution in [3.8, 4) is 11.5 Å². The molecule has 1 aliphatic rings. The van der Waals surface area contributed by atoms with Gasteiger partial charge in [0.05, 0.1) is 14.2 Å². The predicted octanol–water partition coefficient (Wildman–Crippen LogP) is 3.34. The number of halogens is 1. The van der Waals surface area contributed by atoms with E-state index in [-0.39, 0.29) is 5.91 Å². The normalized spacial score (nSPS) is 18.8. The molecule has 0 radical (unpaired) electrons. The van der Waals surface area contributed by atoms with Crippen LogP contribution in [-0.2, 0) is 0 Å². The summed E-state index contributed by atoms with van der Waals surface area (Å²) in [6.45, 7) is 3.82. The number of ether oxygens (including phenoxy) is 2. The van der Waals surface area contributed by atoms with Gasteiger partial charge in [-0.3, -0.25) is 4.79 Å². The van der Waals surface area contributed by atoms with E-state index < -0.39 is 0 Å². The number of carbonyl (C=O) groups is 1. The molecule has 5 heteroatoms. The van der Waals surface area contributed by atoms with Crippen molar-refractivity contribution in [2.45, 2.75) is 19.8 Å². The number of piperidine rings is 1. The van der Waals surface area contributed by atoms with Crippen molar-refractivity contribution in [1.29, 1.82) is 0 Å². The summed E-state index contributed by atoms with van der Waals surface area (Å²) in [7, 11) is 3.16. The van der Waals surface area contributed by atoms with Crippen molar-refractivity contribution in [2.24, 2.45) is 5.92 Å². The maximum Gasteiger partial charge on any atom is 0.254 e. The van der Waals surface area contributed by atoms with Crippen molar-refractivity contribution in [3.63, 3.8) is 0 Å². The van der Waals surface area contributed by atoms with Crippen LogP contribution in [0.5, 0.6) is 11.5 Å². The van der Waals surface area contributed by atoms with Crippen LogP contribution in [0.3, 0.4) is 0 Å². The molecule has 20 heavy (non-hydrogen) atoms. The first-order valence-electron chi connectivity index (χ1n) is 6.77. The quantitative estimate of drug-likeness (QED) is 0.846. The summed E-state index contributed by atoms with van der Waals surface area (Å²) in [5.41, 5.74) is 0.607. The summed E-state index contributed by atoms with van der Waals surface area (Å²) in [5, 5.41) is 0. The standard InChI is InChI=1S/C15H20BrNO3/c1-10-5-4-6-17(9-10)15(18)11-7-12(19-2)14(16)13(8-11)20-3/h7-8,10H,4-6,9H2,1-3H3. The second-order valence-corrected chi connectivity index (χ2v) is 5.99. The van der Waals surface area contributed by atoms with E-state index in [9.17, 15) is 4.79 Å². The van der Waals surface area contributed by atoms with Crippen LogP contribution in [0, 0.1) is 5.92 Å². The molecular weight excluding hydrogens is 322 g/mol. The third-order valence-corrected chi connectivity index (χ3v) is 4.42. The molecule has 0 aliphatic carbocycles. The average molecular weight is 342 g/mol. The molecule has 1 saturated heterocycles. The topological polar surface area (TPSA) is 38.8 Å². The molecular formula is C15H20BrNO3. The van der Waals surface area contributed by atoms with E-state index in [0.717, 1.165) is 24.0 Å². The second kappa shape index (κ2) is 6.48. The van der Waals surface area contributed by atoms with Gasteiger partial charge in [0, 0.05) is 18.7 Å². The van der Waals surface area contributed by atoms with Crippen molar-refractivity contribution in [1.82, 2.24) is 4.90 Å². The summed E-state index contributed by atoms with van der Waals surface area (Å²) in [6.07, 6.45) is 2.26. The number of rotatable bonds is 3. The highest BCUT2D eigenvalue weighted by Gasteiger charge is 2.23. The number of benzene rings is 1. The minimum absolute atomic E-state index is 0.0423. The Hall–Kier alpha value is -1.23. The summed E-state index contributed by atoms with van der Waals surface area (Å²) in [5.74, 6) is 1.82. The highest BCUT2D eigenvalue weighted by atomic mass is 79.9. The lowest BCUT2D eigenvalue weighted by molar-refractivity contribution is 0.0682. The lowest BCUT2D eigenvalue weighted by Gasteiger charge is -2.31. The zero-order valence-corrected chi connectivity index (χ0v) is 13.7. The van der Waals surface area contributed by atoms with Gasteiger partial charge in [-0.2, -0.15) is 0 Å². The first-order chi connectivity index (χ1) is 9.56. The highest BCUT2D eigenvalue weighted by molar-refractivity contribution is 9.10. The van der Waals surface area contributed by atoms with Crippen LogP contribution in [0.15, 0.2) is 16.6 Å². The molecule has 1 aliphatic heterocycles. The second-order valence-electron chi connectivity index (χ2n) is 5.19. The number of methoxy groups -OCH3 is 2. The number of likely N-dealkylation sites (tertiary alicyclic amines) is 1. The molecule has 1 atom stereocenters. The third kappa shape index (κ3) is 3.08. The largest absolute Gasteiger partial charge is 0.495 e. The number of amides is 1. The Kier molecular flexibility index (Phi) is 4.91. The third-order valence-electron chi connectivity index (χ3n) is 3.64. The van der Waals surface area contributed by atoms with Crippen LogP contribution in [-0.4, -0.2) is 38.1 Å². The molecule has 0 aromatic heterocycles. The van der Waals surface area contributed by atoms with Crippen LogP contribution in [0.4, 0.5) is 0 Å². The zero-order chi connectivity index (χ0) is 14.7. The van der Waals surface area contributed by atoms with Crippen molar-refractivity contribution >= 4 is 21.8 Å². The lowest BCUT2D eigenvalue weighted by atomic mass is 9.99. The Bertz CT molecular complexity index is 479. The maximum absolute atomic E-state index is 12.6. The Morgan fingerprint density at radius 3 is 2.40 bits per heavy atom. The first kappa shape index (κ1) is 15.2. The molecule has 0 spiro atoms. The van der Waals surface area contributed by atoms with Gasteiger partial charge >= 0.3 is 0 Å². The number of hydrogen-bond donors (Lipinski definition) is 0. The molecule has 4 nitrogen and oxygen atoms in total. The molecule has 1 fully saturated rings. The van der Waals surface area contributed by atoms with Gasteiger partial charge < -0.3 is 14.4 Å². The van der Waals surface area contributed by atoms with Gasteiger partial charge in [-0.05, 0) is 46.8 Å². The molecule has 2 rings (SSSR count). The molecule has 1 aromatic carbocycles. The highest BCUT2D eigenvalue weighted by Crippen LogP contribution is 2.36. The lowest BCUT2D eigenvalue weighted by Crippen LogP contribution is -2.39.